The van der Waals surface area contributed by atoms with Crippen LogP contribution in [0, 0.1) is 0 Å². The van der Waals surface area contributed by atoms with Crippen LogP contribution in [0.1, 0.15) is 11.9 Å². The highest BCUT2D eigenvalue weighted by Crippen LogP contribution is 2.34. The zero-order valence-corrected chi connectivity index (χ0v) is 14.7. The summed E-state index contributed by atoms with van der Waals surface area (Å²) in [5.41, 5.74) is 2.05. The standard InChI is InChI=1S/C15H13N3O2S3/c1-2-20-13(19)8-12-17-18-15(22-12)23-14-16-11(9-21-14)10-6-4-3-5-7-10/h3-7,9H,2,8H2,1H3. The Morgan fingerprint density at radius 3 is 2.83 bits per heavy atom. The third-order valence-corrected chi connectivity index (χ3v) is 5.69. The third-order valence-electron chi connectivity index (χ3n) is 2.78. The molecule has 23 heavy (non-hydrogen) atoms. The SMILES string of the molecule is CCOC(=O)Cc1nnc(Sc2nc(-c3ccccc3)cs2)s1. The molecule has 0 aliphatic heterocycles. The molecule has 0 fully saturated rings. The van der Waals surface area contributed by atoms with Gasteiger partial charge >= 0.3 is 5.97 Å². The van der Waals surface area contributed by atoms with Crippen molar-refractivity contribution in [3.8, 4) is 11.3 Å². The summed E-state index contributed by atoms with van der Waals surface area (Å²) >= 11 is 4.43. The minimum Gasteiger partial charge on any atom is -0.466 e. The van der Waals surface area contributed by atoms with Gasteiger partial charge < -0.3 is 4.74 Å². The van der Waals surface area contributed by atoms with Crippen LogP contribution in [0.5, 0.6) is 0 Å². The van der Waals surface area contributed by atoms with E-state index in [9.17, 15) is 4.79 Å². The highest BCUT2D eigenvalue weighted by Gasteiger charge is 2.13. The maximum atomic E-state index is 11.4. The average Bonchev–Trinajstić information content (AvgIpc) is 3.19. The van der Waals surface area contributed by atoms with Crippen LogP contribution in [0.4, 0.5) is 0 Å². The van der Waals surface area contributed by atoms with Crippen molar-refractivity contribution in [1.82, 2.24) is 15.2 Å². The molecule has 0 saturated carbocycles. The number of aromatic nitrogens is 3. The fraction of sp³-hybridized carbons (Fsp3) is 0.200. The van der Waals surface area contributed by atoms with Crippen molar-refractivity contribution in [3.05, 3.63) is 40.7 Å². The molecule has 0 N–H and O–H groups in total. The van der Waals surface area contributed by atoms with Gasteiger partial charge in [-0.2, -0.15) is 0 Å². The number of thiazole rings is 1. The predicted octanol–water partition coefficient (Wildman–Crippen LogP) is 3.92. The quantitative estimate of drug-likeness (QED) is 0.619. The lowest BCUT2D eigenvalue weighted by molar-refractivity contribution is -0.142. The van der Waals surface area contributed by atoms with Crippen molar-refractivity contribution in [1.29, 1.82) is 0 Å². The molecule has 118 valence electrons. The van der Waals surface area contributed by atoms with Crippen LogP contribution in [0.2, 0.25) is 0 Å². The maximum absolute atomic E-state index is 11.4. The first-order chi connectivity index (χ1) is 11.2. The smallest absolute Gasteiger partial charge is 0.312 e. The first-order valence-electron chi connectivity index (χ1n) is 6.91. The van der Waals surface area contributed by atoms with E-state index in [2.05, 4.69) is 15.2 Å². The zero-order valence-electron chi connectivity index (χ0n) is 12.3. The van der Waals surface area contributed by atoms with Gasteiger partial charge in [-0.1, -0.05) is 41.7 Å². The van der Waals surface area contributed by atoms with E-state index in [4.69, 9.17) is 4.74 Å². The molecule has 8 heteroatoms. The number of benzene rings is 1. The first kappa shape index (κ1) is 16.1. The Labute approximate surface area is 145 Å². The van der Waals surface area contributed by atoms with E-state index in [-0.39, 0.29) is 12.4 Å². The number of carbonyl (C=O) groups is 1. The van der Waals surface area contributed by atoms with E-state index in [0.29, 0.717) is 11.6 Å². The summed E-state index contributed by atoms with van der Waals surface area (Å²) in [6.07, 6.45) is 0.166. The van der Waals surface area contributed by atoms with E-state index in [1.165, 1.54) is 23.1 Å². The number of hydrogen-bond acceptors (Lipinski definition) is 8. The Kier molecular flexibility index (Phi) is 5.37. The summed E-state index contributed by atoms with van der Waals surface area (Å²) in [4.78, 5) is 16.0. The molecule has 2 heterocycles. The first-order valence-corrected chi connectivity index (χ1v) is 9.42. The highest BCUT2D eigenvalue weighted by molar-refractivity contribution is 8.02. The van der Waals surface area contributed by atoms with Crippen LogP contribution in [0.25, 0.3) is 11.3 Å². The highest BCUT2D eigenvalue weighted by atomic mass is 32.2. The minimum absolute atomic E-state index is 0.166. The molecular formula is C15H13N3O2S3. The molecule has 0 atom stereocenters. The zero-order chi connectivity index (χ0) is 16.1. The van der Waals surface area contributed by atoms with Crippen LogP contribution >= 0.6 is 34.4 Å². The van der Waals surface area contributed by atoms with Gasteiger partial charge in [0, 0.05) is 10.9 Å². The Morgan fingerprint density at radius 1 is 1.22 bits per heavy atom. The van der Waals surface area contributed by atoms with Gasteiger partial charge in [0.25, 0.3) is 0 Å². The van der Waals surface area contributed by atoms with Crippen LogP contribution in [0.15, 0.2) is 44.4 Å². The van der Waals surface area contributed by atoms with E-state index in [1.54, 1.807) is 18.3 Å². The van der Waals surface area contributed by atoms with Crippen molar-refractivity contribution in [2.45, 2.75) is 22.0 Å². The molecule has 0 radical (unpaired) electrons. The molecule has 5 nitrogen and oxygen atoms in total. The van der Waals surface area contributed by atoms with Gasteiger partial charge in [-0.25, -0.2) is 4.98 Å². The molecule has 3 rings (SSSR count). The molecule has 0 aliphatic rings. The van der Waals surface area contributed by atoms with Crippen LogP contribution < -0.4 is 0 Å². The Hall–Kier alpha value is -1.77. The van der Waals surface area contributed by atoms with E-state index in [0.717, 1.165) is 19.9 Å². The van der Waals surface area contributed by atoms with Gasteiger partial charge in [-0.15, -0.1) is 21.5 Å². The van der Waals surface area contributed by atoms with Crippen LogP contribution in [-0.2, 0) is 16.0 Å². The van der Waals surface area contributed by atoms with Crippen molar-refractivity contribution in [2.24, 2.45) is 0 Å². The van der Waals surface area contributed by atoms with Crippen LogP contribution in [0.3, 0.4) is 0 Å². The molecule has 3 aromatic rings. The van der Waals surface area contributed by atoms with E-state index < -0.39 is 0 Å². The average molecular weight is 363 g/mol. The number of nitrogens with zero attached hydrogens (tertiary/aromatic N) is 3. The monoisotopic (exact) mass is 363 g/mol. The second kappa shape index (κ2) is 7.67. The molecular weight excluding hydrogens is 350 g/mol. The van der Waals surface area contributed by atoms with E-state index >= 15 is 0 Å². The summed E-state index contributed by atoms with van der Waals surface area (Å²) in [5.74, 6) is -0.277. The molecule has 0 unspecified atom stereocenters. The maximum Gasteiger partial charge on any atom is 0.312 e. The van der Waals surface area contributed by atoms with Crippen molar-refractivity contribution in [2.75, 3.05) is 6.61 Å². The van der Waals surface area contributed by atoms with Gasteiger partial charge in [0.2, 0.25) is 0 Å². The molecule has 0 bridgehead atoms. The topological polar surface area (TPSA) is 65.0 Å². The number of ether oxygens (including phenoxy) is 1. The molecule has 0 saturated heterocycles. The van der Waals surface area contributed by atoms with Crippen molar-refractivity contribution in [3.63, 3.8) is 0 Å². The molecule has 1 aromatic carbocycles. The Morgan fingerprint density at radius 2 is 2.04 bits per heavy atom. The van der Waals surface area contributed by atoms with Crippen molar-refractivity contribution < 1.29 is 9.53 Å². The lowest BCUT2D eigenvalue weighted by atomic mass is 10.2. The van der Waals surface area contributed by atoms with Gasteiger partial charge in [-0.05, 0) is 18.7 Å². The number of hydrogen-bond donors (Lipinski definition) is 0. The summed E-state index contributed by atoms with van der Waals surface area (Å²) < 4.78 is 6.59. The normalized spacial score (nSPS) is 10.7. The van der Waals surface area contributed by atoms with Gasteiger partial charge in [0.1, 0.15) is 5.01 Å². The predicted molar refractivity (Wildman–Crippen MR) is 91.9 cm³/mol. The molecule has 0 spiro atoms. The van der Waals surface area contributed by atoms with Crippen molar-refractivity contribution >= 4 is 40.4 Å². The lowest BCUT2D eigenvalue weighted by Gasteiger charge is -1.96. The summed E-state index contributed by atoms with van der Waals surface area (Å²) in [6.45, 7) is 2.16. The fourth-order valence-corrected chi connectivity index (χ4v) is 4.71. The van der Waals surface area contributed by atoms with Crippen LogP contribution in [-0.4, -0.2) is 27.8 Å². The van der Waals surface area contributed by atoms with E-state index in [1.807, 2.05) is 35.7 Å². The summed E-state index contributed by atoms with van der Waals surface area (Å²) in [7, 11) is 0. The summed E-state index contributed by atoms with van der Waals surface area (Å²) in [5, 5.41) is 10.8. The molecule has 0 aliphatic carbocycles. The lowest BCUT2D eigenvalue weighted by Crippen LogP contribution is -2.07. The van der Waals surface area contributed by atoms with Gasteiger partial charge in [0.05, 0.1) is 18.7 Å². The summed E-state index contributed by atoms with van der Waals surface area (Å²) in [6, 6.07) is 10.0. The fourth-order valence-electron chi connectivity index (χ4n) is 1.81. The second-order valence-corrected chi connectivity index (χ2v) is 7.82. The Bertz CT molecular complexity index is 786. The van der Waals surface area contributed by atoms with Gasteiger partial charge in [0.15, 0.2) is 8.68 Å². The largest absolute Gasteiger partial charge is 0.466 e. The number of esters is 1. The number of carbonyl (C=O) groups excluding carboxylic acids is 1. The number of rotatable bonds is 6. The molecule has 2 aromatic heterocycles. The Balaban J connectivity index is 1.65. The second-order valence-electron chi connectivity index (χ2n) is 4.41. The van der Waals surface area contributed by atoms with Gasteiger partial charge in [-0.3, -0.25) is 4.79 Å². The minimum atomic E-state index is -0.277. The molecule has 0 amide bonds. The third kappa shape index (κ3) is 4.37.